The van der Waals surface area contributed by atoms with Gasteiger partial charge in [-0.1, -0.05) is 26.0 Å². The predicted molar refractivity (Wildman–Crippen MR) is 106 cm³/mol. The van der Waals surface area contributed by atoms with Crippen LogP contribution in [0.15, 0.2) is 42.5 Å². The van der Waals surface area contributed by atoms with Gasteiger partial charge in [0.25, 0.3) is 5.91 Å². The van der Waals surface area contributed by atoms with Crippen molar-refractivity contribution in [2.45, 2.75) is 19.8 Å². The third kappa shape index (κ3) is 6.49. The van der Waals surface area contributed by atoms with Crippen molar-refractivity contribution in [1.82, 2.24) is 0 Å². The Labute approximate surface area is 159 Å². The monoisotopic (exact) mass is 392 g/mol. The Morgan fingerprint density at radius 1 is 1.15 bits per heavy atom. The zero-order chi connectivity index (χ0) is 20.0. The van der Waals surface area contributed by atoms with Gasteiger partial charge in [0.2, 0.25) is 10.0 Å². The summed E-state index contributed by atoms with van der Waals surface area (Å²) in [5.41, 5.74) is 1.79. The molecule has 0 aliphatic rings. The molecule has 0 bridgehead atoms. The minimum atomic E-state index is -3.48. The SMILES string of the molecule is COc1ccc(NC(=O)COc2cccc(C(C)C)c2)cc1NS(C)(=O)=O. The van der Waals surface area contributed by atoms with Crippen molar-refractivity contribution in [3.8, 4) is 11.5 Å². The molecule has 2 N–H and O–H groups in total. The van der Waals surface area contributed by atoms with Crippen molar-refractivity contribution in [2.24, 2.45) is 0 Å². The van der Waals surface area contributed by atoms with Crippen molar-refractivity contribution in [3.63, 3.8) is 0 Å². The molecule has 1 amide bonds. The van der Waals surface area contributed by atoms with Gasteiger partial charge in [-0.2, -0.15) is 0 Å². The van der Waals surface area contributed by atoms with Crippen LogP contribution in [0.25, 0.3) is 0 Å². The van der Waals surface area contributed by atoms with Crippen LogP contribution < -0.4 is 19.5 Å². The van der Waals surface area contributed by atoms with Gasteiger partial charge >= 0.3 is 0 Å². The molecular weight excluding hydrogens is 368 g/mol. The topological polar surface area (TPSA) is 93.7 Å². The Kier molecular flexibility index (Phi) is 6.68. The van der Waals surface area contributed by atoms with Gasteiger partial charge in [-0.05, 0) is 41.8 Å². The lowest BCUT2D eigenvalue weighted by atomic mass is 10.0. The molecule has 2 rings (SSSR count). The third-order valence-electron chi connectivity index (χ3n) is 3.67. The van der Waals surface area contributed by atoms with Gasteiger partial charge in [0.15, 0.2) is 6.61 Å². The number of nitrogens with one attached hydrogen (secondary N) is 2. The highest BCUT2D eigenvalue weighted by Gasteiger charge is 2.11. The van der Waals surface area contributed by atoms with Gasteiger partial charge in [0.1, 0.15) is 11.5 Å². The fraction of sp³-hybridized carbons (Fsp3) is 0.316. The number of benzene rings is 2. The average molecular weight is 392 g/mol. The molecule has 0 radical (unpaired) electrons. The maximum atomic E-state index is 12.1. The van der Waals surface area contributed by atoms with Crippen LogP contribution in [0.1, 0.15) is 25.3 Å². The zero-order valence-corrected chi connectivity index (χ0v) is 16.6. The number of amides is 1. The molecule has 2 aromatic rings. The van der Waals surface area contributed by atoms with E-state index in [1.54, 1.807) is 18.2 Å². The van der Waals surface area contributed by atoms with Gasteiger partial charge in [-0.3, -0.25) is 9.52 Å². The minimum absolute atomic E-state index is 0.164. The Bertz CT molecular complexity index is 910. The van der Waals surface area contributed by atoms with Crippen LogP contribution in [0.3, 0.4) is 0 Å². The first-order valence-electron chi connectivity index (χ1n) is 8.36. The first-order chi connectivity index (χ1) is 12.7. The molecule has 0 saturated heterocycles. The van der Waals surface area contributed by atoms with Crippen LogP contribution in [-0.4, -0.2) is 34.3 Å². The number of carbonyl (C=O) groups is 1. The van der Waals surface area contributed by atoms with Crippen molar-refractivity contribution in [2.75, 3.05) is 30.0 Å². The Morgan fingerprint density at radius 3 is 2.52 bits per heavy atom. The van der Waals surface area contributed by atoms with Crippen LogP contribution >= 0.6 is 0 Å². The fourth-order valence-corrected chi connectivity index (χ4v) is 2.93. The van der Waals surface area contributed by atoms with Crippen LogP contribution in [0.2, 0.25) is 0 Å². The number of sulfonamides is 1. The molecule has 7 nitrogen and oxygen atoms in total. The van der Waals surface area contributed by atoms with E-state index in [1.165, 1.54) is 13.2 Å². The van der Waals surface area contributed by atoms with E-state index >= 15 is 0 Å². The normalized spacial score (nSPS) is 11.1. The zero-order valence-electron chi connectivity index (χ0n) is 15.8. The van der Waals surface area contributed by atoms with Crippen LogP contribution in [0.5, 0.6) is 11.5 Å². The second-order valence-electron chi connectivity index (χ2n) is 6.35. The number of hydrogen-bond acceptors (Lipinski definition) is 5. The maximum Gasteiger partial charge on any atom is 0.262 e. The van der Waals surface area contributed by atoms with Crippen LogP contribution in [0, 0.1) is 0 Å². The summed E-state index contributed by atoms with van der Waals surface area (Å²) < 4.78 is 35.9. The minimum Gasteiger partial charge on any atom is -0.495 e. The van der Waals surface area contributed by atoms with Crippen LogP contribution in [-0.2, 0) is 14.8 Å². The Balaban J connectivity index is 2.03. The van der Waals surface area contributed by atoms with E-state index in [-0.39, 0.29) is 18.2 Å². The molecule has 146 valence electrons. The lowest BCUT2D eigenvalue weighted by Crippen LogP contribution is -2.20. The Morgan fingerprint density at radius 2 is 1.89 bits per heavy atom. The van der Waals surface area contributed by atoms with Crippen molar-refractivity contribution in [3.05, 3.63) is 48.0 Å². The number of hydrogen-bond donors (Lipinski definition) is 2. The number of rotatable bonds is 8. The smallest absolute Gasteiger partial charge is 0.262 e. The van der Waals surface area contributed by atoms with Crippen molar-refractivity contribution in [1.29, 1.82) is 0 Å². The summed E-state index contributed by atoms with van der Waals surface area (Å²) >= 11 is 0. The molecular formula is C19H24N2O5S. The standard InChI is InChI=1S/C19H24N2O5S/c1-13(2)14-6-5-7-16(10-14)26-12-19(22)20-15-8-9-18(25-3)17(11-15)21-27(4,23)24/h5-11,13,21H,12H2,1-4H3,(H,20,22). The van der Waals surface area contributed by atoms with E-state index in [2.05, 4.69) is 23.9 Å². The van der Waals surface area contributed by atoms with Gasteiger partial charge in [-0.25, -0.2) is 8.42 Å². The molecule has 0 spiro atoms. The van der Waals surface area contributed by atoms with Crippen molar-refractivity contribution < 1.29 is 22.7 Å². The van der Waals surface area contributed by atoms with Crippen molar-refractivity contribution >= 4 is 27.3 Å². The molecule has 0 aliphatic carbocycles. The van der Waals surface area contributed by atoms with E-state index in [1.807, 2.05) is 18.2 Å². The summed E-state index contributed by atoms with van der Waals surface area (Å²) in [7, 11) is -2.05. The second kappa shape index (κ2) is 8.77. The molecule has 0 atom stereocenters. The molecule has 0 aliphatic heterocycles. The van der Waals surface area contributed by atoms with E-state index in [0.717, 1.165) is 11.8 Å². The summed E-state index contributed by atoms with van der Waals surface area (Å²) in [4.78, 5) is 12.1. The summed E-state index contributed by atoms with van der Waals surface area (Å²) in [6.07, 6.45) is 1.04. The fourth-order valence-electron chi connectivity index (χ4n) is 2.37. The number of carbonyl (C=O) groups excluding carboxylic acids is 1. The molecule has 0 saturated carbocycles. The lowest BCUT2D eigenvalue weighted by molar-refractivity contribution is -0.118. The Hall–Kier alpha value is -2.74. The third-order valence-corrected chi connectivity index (χ3v) is 4.26. The van der Waals surface area contributed by atoms with Gasteiger partial charge in [0, 0.05) is 5.69 Å². The summed E-state index contributed by atoms with van der Waals surface area (Å²) in [5.74, 6) is 0.966. The molecule has 2 aromatic carbocycles. The van der Waals surface area contributed by atoms with Gasteiger partial charge in [-0.15, -0.1) is 0 Å². The van der Waals surface area contributed by atoms with E-state index in [4.69, 9.17) is 9.47 Å². The largest absolute Gasteiger partial charge is 0.495 e. The van der Waals surface area contributed by atoms with Crippen LogP contribution in [0.4, 0.5) is 11.4 Å². The summed E-state index contributed by atoms with van der Waals surface area (Å²) in [6, 6.07) is 12.2. The highest BCUT2D eigenvalue weighted by atomic mass is 32.2. The van der Waals surface area contributed by atoms with E-state index in [0.29, 0.717) is 23.1 Å². The van der Waals surface area contributed by atoms with Gasteiger partial charge < -0.3 is 14.8 Å². The number of methoxy groups -OCH3 is 1. The second-order valence-corrected chi connectivity index (χ2v) is 8.10. The maximum absolute atomic E-state index is 12.1. The first kappa shape index (κ1) is 20.6. The lowest BCUT2D eigenvalue weighted by Gasteiger charge is -2.13. The molecule has 0 aromatic heterocycles. The highest BCUT2D eigenvalue weighted by Crippen LogP contribution is 2.28. The highest BCUT2D eigenvalue weighted by molar-refractivity contribution is 7.92. The van der Waals surface area contributed by atoms with E-state index in [9.17, 15) is 13.2 Å². The molecule has 27 heavy (non-hydrogen) atoms. The molecule has 0 fully saturated rings. The summed E-state index contributed by atoms with van der Waals surface area (Å²) in [6.45, 7) is 4.00. The summed E-state index contributed by atoms with van der Waals surface area (Å²) in [5, 5.41) is 2.67. The molecule has 0 heterocycles. The van der Waals surface area contributed by atoms with E-state index < -0.39 is 10.0 Å². The van der Waals surface area contributed by atoms with Gasteiger partial charge in [0.05, 0.1) is 19.1 Å². The predicted octanol–water partition coefficient (Wildman–Crippen LogP) is 3.21. The average Bonchev–Trinajstić information content (AvgIpc) is 2.59. The molecule has 0 unspecified atom stereocenters. The molecule has 8 heteroatoms. The quantitative estimate of drug-likeness (QED) is 0.719. The first-order valence-corrected chi connectivity index (χ1v) is 10.3. The number of ether oxygens (including phenoxy) is 2. The number of anilines is 2.